The van der Waals surface area contributed by atoms with Gasteiger partial charge in [-0.1, -0.05) is 6.07 Å². The summed E-state index contributed by atoms with van der Waals surface area (Å²) in [5, 5.41) is 0. The number of nitrogens with zero attached hydrogens (tertiary/aromatic N) is 4. The fraction of sp³-hybridized carbons (Fsp3) is 0.429. The zero-order valence-electron chi connectivity index (χ0n) is 15.7. The SMILES string of the molecule is O=C1C[C@H](C(=O)N2CCC(Oc3cccnc3)CC2)CN1Cc1cccnc1. The van der Waals surface area contributed by atoms with Crippen molar-refractivity contribution in [1.82, 2.24) is 19.8 Å². The molecule has 0 spiro atoms. The minimum absolute atomic E-state index is 0.0389. The molecule has 0 aliphatic carbocycles. The van der Waals surface area contributed by atoms with Crippen LogP contribution in [0.15, 0.2) is 49.1 Å². The molecule has 7 heteroatoms. The molecule has 0 aromatic carbocycles. The number of likely N-dealkylation sites (tertiary alicyclic amines) is 2. The maximum absolute atomic E-state index is 12.9. The number of carbonyl (C=O) groups is 2. The van der Waals surface area contributed by atoms with Crippen molar-refractivity contribution in [2.45, 2.75) is 31.9 Å². The van der Waals surface area contributed by atoms with Gasteiger partial charge in [-0.25, -0.2) is 0 Å². The second-order valence-electron chi connectivity index (χ2n) is 7.37. The first-order valence-electron chi connectivity index (χ1n) is 9.71. The van der Waals surface area contributed by atoms with E-state index in [9.17, 15) is 9.59 Å². The predicted octanol–water partition coefficient (Wildman–Crippen LogP) is 1.90. The smallest absolute Gasteiger partial charge is 0.227 e. The van der Waals surface area contributed by atoms with E-state index in [1.54, 1.807) is 29.7 Å². The van der Waals surface area contributed by atoms with Gasteiger partial charge < -0.3 is 14.5 Å². The molecule has 1 atom stereocenters. The van der Waals surface area contributed by atoms with Gasteiger partial charge in [0.15, 0.2) is 0 Å². The van der Waals surface area contributed by atoms with Crippen molar-refractivity contribution in [2.75, 3.05) is 19.6 Å². The monoisotopic (exact) mass is 380 g/mol. The molecular weight excluding hydrogens is 356 g/mol. The second kappa shape index (κ2) is 8.37. The number of ether oxygens (including phenoxy) is 1. The van der Waals surface area contributed by atoms with Gasteiger partial charge in [0.1, 0.15) is 11.9 Å². The summed E-state index contributed by atoms with van der Waals surface area (Å²) in [5.41, 5.74) is 0.984. The Morgan fingerprint density at radius 1 is 1.11 bits per heavy atom. The Kier molecular flexibility index (Phi) is 5.50. The molecule has 0 saturated carbocycles. The summed E-state index contributed by atoms with van der Waals surface area (Å²) in [6, 6.07) is 7.55. The summed E-state index contributed by atoms with van der Waals surface area (Å²) >= 11 is 0. The van der Waals surface area contributed by atoms with Gasteiger partial charge in [0.05, 0.1) is 12.1 Å². The summed E-state index contributed by atoms with van der Waals surface area (Å²) in [6.07, 6.45) is 8.87. The van der Waals surface area contributed by atoms with Crippen LogP contribution in [-0.4, -0.2) is 57.3 Å². The van der Waals surface area contributed by atoms with E-state index in [4.69, 9.17) is 4.74 Å². The van der Waals surface area contributed by atoms with Crippen LogP contribution >= 0.6 is 0 Å². The molecule has 0 bridgehead atoms. The first-order chi connectivity index (χ1) is 13.7. The second-order valence-corrected chi connectivity index (χ2v) is 7.37. The van der Waals surface area contributed by atoms with Crippen LogP contribution in [0.1, 0.15) is 24.8 Å². The molecule has 2 aliphatic heterocycles. The van der Waals surface area contributed by atoms with Crippen LogP contribution < -0.4 is 4.74 Å². The van der Waals surface area contributed by atoms with Crippen LogP contribution in [0, 0.1) is 5.92 Å². The lowest BCUT2D eigenvalue weighted by atomic mass is 10.0. The standard InChI is InChI=1S/C21H24N4O3/c26-20-11-17(15-25(20)14-16-3-1-7-22-12-16)21(27)24-9-5-18(6-10-24)28-19-4-2-8-23-13-19/h1-4,7-8,12-13,17-18H,5-6,9-11,14-15H2/t17-/m0/s1. The third kappa shape index (κ3) is 4.30. The van der Waals surface area contributed by atoms with Crippen LogP contribution in [0.5, 0.6) is 5.75 Å². The van der Waals surface area contributed by atoms with Gasteiger partial charge in [-0.05, 0) is 23.8 Å². The molecule has 2 aromatic heterocycles. The number of hydrogen-bond donors (Lipinski definition) is 0. The summed E-state index contributed by atoms with van der Waals surface area (Å²) in [4.78, 5) is 37.0. The van der Waals surface area contributed by atoms with E-state index in [1.807, 2.05) is 29.2 Å². The van der Waals surface area contributed by atoms with Gasteiger partial charge in [0.2, 0.25) is 11.8 Å². The van der Waals surface area contributed by atoms with E-state index in [0.29, 0.717) is 32.6 Å². The number of carbonyl (C=O) groups excluding carboxylic acids is 2. The summed E-state index contributed by atoms with van der Waals surface area (Å²) < 4.78 is 5.94. The van der Waals surface area contributed by atoms with Crippen molar-refractivity contribution in [1.29, 1.82) is 0 Å². The van der Waals surface area contributed by atoms with Gasteiger partial charge in [-0.15, -0.1) is 0 Å². The quantitative estimate of drug-likeness (QED) is 0.792. The minimum Gasteiger partial charge on any atom is -0.489 e. The Morgan fingerprint density at radius 3 is 2.54 bits per heavy atom. The van der Waals surface area contributed by atoms with Gasteiger partial charge >= 0.3 is 0 Å². The molecule has 146 valence electrons. The third-order valence-electron chi connectivity index (χ3n) is 5.35. The molecule has 2 fully saturated rings. The number of aromatic nitrogens is 2. The largest absolute Gasteiger partial charge is 0.489 e. The average molecular weight is 380 g/mol. The lowest BCUT2D eigenvalue weighted by Crippen LogP contribution is -2.44. The van der Waals surface area contributed by atoms with Crippen LogP contribution in [0.4, 0.5) is 0 Å². The van der Waals surface area contributed by atoms with E-state index < -0.39 is 0 Å². The van der Waals surface area contributed by atoms with Crippen molar-refractivity contribution < 1.29 is 14.3 Å². The van der Waals surface area contributed by atoms with Gasteiger partial charge in [0, 0.05) is 64.0 Å². The predicted molar refractivity (Wildman–Crippen MR) is 102 cm³/mol. The van der Waals surface area contributed by atoms with Crippen LogP contribution in [0.3, 0.4) is 0 Å². The van der Waals surface area contributed by atoms with E-state index in [1.165, 1.54) is 0 Å². The number of piperidine rings is 1. The van der Waals surface area contributed by atoms with Crippen molar-refractivity contribution in [3.05, 3.63) is 54.6 Å². The van der Waals surface area contributed by atoms with Crippen molar-refractivity contribution in [2.24, 2.45) is 5.92 Å². The fourth-order valence-corrected chi connectivity index (χ4v) is 3.86. The summed E-state index contributed by atoms with van der Waals surface area (Å²) in [6.45, 7) is 2.32. The number of rotatable bonds is 5. The molecule has 4 heterocycles. The summed E-state index contributed by atoms with van der Waals surface area (Å²) in [5.74, 6) is 0.638. The first-order valence-corrected chi connectivity index (χ1v) is 9.71. The van der Waals surface area contributed by atoms with Crippen LogP contribution in [0.2, 0.25) is 0 Å². The lowest BCUT2D eigenvalue weighted by molar-refractivity contribution is -0.137. The highest BCUT2D eigenvalue weighted by atomic mass is 16.5. The fourth-order valence-electron chi connectivity index (χ4n) is 3.86. The molecular formula is C21H24N4O3. The van der Waals surface area contributed by atoms with Crippen molar-refractivity contribution in [3.8, 4) is 5.75 Å². The molecule has 28 heavy (non-hydrogen) atoms. The van der Waals surface area contributed by atoms with Crippen LogP contribution in [0.25, 0.3) is 0 Å². The number of amides is 2. The van der Waals surface area contributed by atoms with E-state index in [-0.39, 0.29) is 23.8 Å². The lowest BCUT2D eigenvalue weighted by Gasteiger charge is -2.33. The molecule has 0 radical (unpaired) electrons. The molecule has 2 aromatic rings. The Labute approximate surface area is 164 Å². The molecule has 2 saturated heterocycles. The van der Waals surface area contributed by atoms with Gasteiger partial charge in [-0.2, -0.15) is 0 Å². The van der Waals surface area contributed by atoms with Crippen molar-refractivity contribution in [3.63, 3.8) is 0 Å². The summed E-state index contributed by atoms with van der Waals surface area (Å²) in [7, 11) is 0. The normalized spacial score (nSPS) is 20.4. The highest BCUT2D eigenvalue weighted by Gasteiger charge is 2.37. The zero-order chi connectivity index (χ0) is 19.3. The molecule has 2 aliphatic rings. The third-order valence-corrected chi connectivity index (χ3v) is 5.35. The Balaban J connectivity index is 1.28. The molecule has 0 unspecified atom stereocenters. The van der Waals surface area contributed by atoms with Crippen LogP contribution in [-0.2, 0) is 16.1 Å². The number of pyridine rings is 2. The Bertz CT molecular complexity index is 807. The maximum atomic E-state index is 12.9. The van der Waals surface area contributed by atoms with E-state index in [2.05, 4.69) is 9.97 Å². The average Bonchev–Trinajstić information content (AvgIpc) is 3.10. The first kappa shape index (κ1) is 18.4. The molecule has 7 nitrogen and oxygen atoms in total. The van der Waals surface area contributed by atoms with E-state index >= 15 is 0 Å². The van der Waals surface area contributed by atoms with Crippen molar-refractivity contribution >= 4 is 11.8 Å². The van der Waals surface area contributed by atoms with E-state index in [0.717, 1.165) is 24.2 Å². The van der Waals surface area contributed by atoms with Gasteiger partial charge in [-0.3, -0.25) is 19.6 Å². The topological polar surface area (TPSA) is 75.6 Å². The Hall–Kier alpha value is -2.96. The highest BCUT2D eigenvalue weighted by Crippen LogP contribution is 2.25. The molecule has 4 rings (SSSR count). The molecule has 2 amide bonds. The maximum Gasteiger partial charge on any atom is 0.227 e. The zero-order valence-corrected chi connectivity index (χ0v) is 15.7. The number of hydrogen-bond acceptors (Lipinski definition) is 5. The Morgan fingerprint density at radius 2 is 1.86 bits per heavy atom. The van der Waals surface area contributed by atoms with Gasteiger partial charge in [0.25, 0.3) is 0 Å². The highest BCUT2D eigenvalue weighted by molar-refractivity contribution is 5.89. The molecule has 0 N–H and O–H groups in total. The minimum atomic E-state index is -0.250.